The van der Waals surface area contributed by atoms with Gasteiger partial charge < -0.3 is 9.05 Å². The Labute approximate surface area is 50.6 Å². The number of hydrogen-bond acceptors (Lipinski definition) is 3. The van der Waals surface area contributed by atoms with E-state index in [9.17, 15) is 0 Å². The van der Waals surface area contributed by atoms with Crippen molar-refractivity contribution in [3.63, 3.8) is 0 Å². The highest BCUT2D eigenvalue weighted by molar-refractivity contribution is 7.44. The van der Waals surface area contributed by atoms with Gasteiger partial charge in [0.1, 0.15) is 0 Å². The Balaban J connectivity index is 0. The van der Waals surface area contributed by atoms with Crippen molar-refractivity contribution in [1.29, 1.82) is 0 Å². The predicted octanol–water partition coefficient (Wildman–Crippen LogP) is 0.887. The van der Waals surface area contributed by atoms with Crippen LogP contribution in [-0.4, -0.2) is 14.2 Å². The first-order valence-corrected chi connectivity index (χ1v) is 2.69. The van der Waals surface area contributed by atoms with Crippen molar-refractivity contribution in [3.05, 3.63) is 0 Å². The molecule has 0 rings (SSSR count). The molecule has 0 aliphatic heterocycles. The molecule has 0 saturated heterocycles. The van der Waals surface area contributed by atoms with E-state index in [4.69, 9.17) is 5.50 Å². The predicted molar refractivity (Wildman–Crippen MR) is 32.4 cm³/mol. The molecule has 0 aromatic rings. The molecule has 0 spiro atoms. The molecule has 0 bridgehead atoms. The Bertz CT molecular complexity index is 34.9. The van der Waals surface area contributed by atoms with Gasteiger partial charge in [-0.15, -0.1) is 12.4 Å². The molecule has 0 aliphatic rings. The van der Waals surface area contributed by atoms with E-state index in [1.54, 1.807) is 0 Å². The Morgan fingerprint density at radius 1 is 1.29 bits per heavy atom. The molecule has 0 radical (unpaired) electrons. The lowest BCUT2D eigenvalue weighted by atomic mass is 11.8. The molecule has 0 atom stereocenters. The first-order valence-electron chi connectivity index (χ1n) is 1.44. The zero-order valence-corrected chi connectivity index (χ0v) is 5.96. The molecule has 46 valence electrons. The molecule has 3 nitrogen and oxygen atoms in total. The quantitative estimate of drug-likeness (QED) is 0.587. The average molecular weight is 146 g/mol. The molecular formula is C2H9ClNO2P. The normalized spacial score (nSPS) is 8.57. The average Bonchev–Trinajstić information content (AvgIpc) is 1.65. The highest BCUT2D eigenvalue weighted by Crippen LogP contribution is 2.23. The molecule has 0 aromatic carbocycles. The molecule has 0 unspecified atom stereocenters. The maximum atomic E-state index is 5.09. The molecule has 0 fully saturated rings. The molecule has 7 heavy (non-hydrogen) atoms. The lowest BCUT2D eigenvalue weighted by Gasteiger charge is -2.00. The summed E-state index contributed by atoms with van der Waals surface area (Å²) in [5.41, 5.74) is 5.09. The summed E-state index contributed by atoms with van der Waals surface area (Å²) in [5, 5.41) is 0. The van der Waals surface area contributed by atoms with E-state index in [1.807, 2.05) is 0 Å². The molecule has 2 N–H and O–H groups in total. The summed E-state index contributed by atoms with van der Waals surface area (Å²) in [6, 6.07) is 0. The minimum absolute atomic E-state index is 0. The third kappa shape index (κ3) is 6.60. The van der Waals surface area contributed by atoms with Gasteiger partial charge in [0.05, 0.1) is 0 Å². The summed E-state index contributed by atoms with van der Waals surface area (Å²) in [4.78, 5) is 0. The number of halogens is 1. The van der Waals surface area contributed by atoms with Gasteiger partial charge in [0, 0.05) is 14.2 Å². The van der Waals surface area contributed by atoms with E-state index < -0.39 is 8.53 Å². The van der Waals surface area contributed by atoms with Crippen LogP contribution in [0.4, 0.5) is 0 Å². The summed E-state index contributed by atoms with van der Waals surface area (Å²) in [6.07, 6.45) is 0. The van der Waals surface area contributed by atoms with Crippen LogP contribution >= 0.6 is 20.9 Å². The van der Waals surface area contributed by atoms with Gasteiger partial charge in [0.25, 0.3) is 8.53 Å². The summed E-state index contributed by atoms with van der Waals surface area (Å²) < 4.78 is 9.04. The highest BCUT2D eigenvalue weighted by atomic mass is 35.5. The van der Waals surface area contributed by atoms with Gasteiger partial charge in [-0.2, -0.15) is 0 Å². The first kappa shape index (κ1) is 10.6. The van der Waals surface area contributed by atoms with Gasteiger partial charge in [0.2, 0.25) is 0 Å². The SMILES string of the molecule is COP(N)OC.Cl. The van der Waals surface area contributed by atoms with Gasteiger partial charge >= 0.3 is 0 Å². The standard InChI is InChI=1S/C2H8NO2P.ClH/c1-4-6(3)5-2;/h3H2,1-2H3;1H. The van der Waals surface area contributed by atoms with E-state index in [0.29, 0.717) is 0 Å². The second-order valence-electron chi connectivity index (χ2n) is 0.651. The number of rotatable bonds is 2. The van der Waals surface area contributed by atoms with E-state index in [-0.39, 0.29) is 12.4 Å². The van der Waals surface area contributed by atoms with E-state index in [2.05, 4.69) is 9.05 Å². The van der Waals surface area contributed by atoms with Crippen LogP contribution in [0.25, 0.3) is 0 Å². The van der Waals surface area contributed by atoms with Crippen LogP contribution in [0.5, 0.6) is 0 Å². The fraction of sp³-hybridized carbons (Fsp3) is 1.00. The second-order valence-corrected chi connectivity index (χ2v) is 1.95. The monoisotopic (exact) mass is 145 g/mol. The lowest BCUT2D eigenvalue weighted by molar-refractivity contribution is 0.341. The van der Waals surface area contributed by atoms with Crippen molar-refractivity contribution in [1.82, 2.24) is 0 Å². The molecule has 0 saturated carbocycles. The molecule has 5 heteroatoms. The lowest BCUT2D eigenvalue weighted by Crippen LogP contribution is -1.90. The third-order valence-corrected chi connectivity index (χ3v) is 1.08. The fourth-order valence-corrected chi connectivity index (χ4v) is 0.224. The van der Waals surface area contributed by atoms with Gasteiger partial charge in [-0.1, -0.05) is 0 Å². The summed E-state index contributed by atoms with van der Waals surface area (Å²) in [7, 11) is 1.94. The van der Waals surface area contributed by atoms with E-state index >= 15 is 0 Å². The largest absolute Gasteiger partial charge is 0.326 e. The molecule has 0 amide bonds. The van der Waals surface area contributed by atoms with Crippen molar-refractivity contribution in [2.75, 3.05) is 14.2 Å². The maximum absolute atomic E-state index is 5.09. The van der Waals surface area contributed by atoms with Crippen LogP contribution < -0.4 is 5.50 Å². The minimum atomic E-state index is -1.08. The highest BCUT2D eigenvalue weighted by Gasteiger charge is 1.90. The first-order chi connectivity index (χ1) is 2.81. The zero-order chi connectivity index (χ0) is 4.99. The Kier molecular flexibility index (Phi) is 9.95. The Morgan fingerprint density at radius 3 is 1.57 bits per heavy atom. The summed E-state index contributed by atoms with van der Waals surface area (Å²) in [6.45, 7) is 0. The Hall–Kier alpha value is 0.600. The summed E-state index contributed by atoms with van der Waals surface area (Å²) >= 11 is 0. The summed E-state index contributed by atoms with van der Waals surface area (Å²) in [5.74, 6) is 0. The van der Waals surface area contributed by atoms with E-state index in [0.717, 1.165) is 0 Å². The molecule has 0 heterocycles. The molecule has 0 aliphatic carbocycles. The number of nitrogens with two attached hydrogens (primary N) is 1. The number of hydrogen-bond donors (Lipinski definition) is 1. The molecule has 0 aromatic heterocycles. The second kappa shape index (κ2) is 6.60. The molecular weight excluding hydrogens is 136 g/mol. The van der Waals surface area contributed by atoms with Crippen LogP contribution in [0.3, 0.4) is 0 Å². The maximum Gasteiger partial charge on any atom is 0.252 e. The van der Waals surface area contributed by atoms with Crippen LogP contribution in [0.15, 0.2) is 0 Å². The fourth-order valence-electron chi connectivity index (χ4n) is 0.0745. The van der Waals surface area contributed by atoms with Gasteiger partial charge in [-0.3, -0.25) is 5.50 Å². The Morgan fingerprint density at radius 2 is 1.57 bits per heavy atom. The van der Waals surface area contributed by atoms with Crippen molar-refractivity contribution in [3.8, 4) is 0 Å². The van der Waals surface area contributed by atoms with Gasteiger partial charge in [0.15, 0.2) is 0 Å². The smallest absolute Gasteiger partial charge is 0.252 e. The van der Waals surface area contributed by atoms with Crippen LogP contribution in [0, 0.1) is 0 Å². The topological polar surface area (TPSA) is 44.5 Å². The van der Waals surface area contributed by atoms with Crippen molar-refractivity contribution >= 4 is 20.9 Å². The van der Waals surface area contributed by atoms with Crippen LogP contribution in [0.1, 0.15) is 0 Å². The van der Waals surface area contributed by atoms with Crippen molar-refractivity contribution in [2.24, 2.45) is 5.50 Å². The van der Waals surface area contributed by atoms with Crippen LogP contribution in [-0.2, 0) is 9.05 Å². The van der Waals surface area contributed by atoms with Crippen molar-refractivity contribution in [2.45, 2.75) is 0 Å². The van der Waals surface area contributed by atoms with E-state index in [1.165, 1.54) is 14.2 Å². The third-order valence-electron chi connectivity index (χ3n) is 0.360. The van der Waals surface area contributed by atoms with Gasteiger partial charge in [-0.25, -0.2) is 0 Å². The zero-order valence-electron chi connectivity index (χ0n) is 4.25. The van der Waals surface area contributed by atoms with Gasteiger partial charge in [-0.05, 0) is 0 Å². The van der Waals surface area contributed by atoms with Crippen LogP contribution in [0.2, 0.25) is 0 Å². The van der Waals surface area contributed by atoms with Crippen molar-refractivity contribution < 1.29 is 9.05 Å². The minimum Gasteiger partial charge on any atom is -0.326 e.